The minimum absolute atomic E-state index is 0.150. The maximum atomic E-state index is 5.75. The number of allylic oxidation sites excluding steroid dienone is 1. The molecule has 2 heterocycles. The number of nitrogens with zero attached hydrogens (tertiary/aromatic N) is 1. The lowest BCUT2D eigenvalue weighted by molar-refractivity contribution is 0.664. The fourth-order valence-electron chi connectivity index (χ4n) is 1.26. The molecule has 0 amide bonds. The average Bonchev–Trinajstić information content (AvgIpc) is 2.46. The van der Waals surface area contributed by atoms with E-state index in [0.29, 0.717) is 5.17 Å². The number of hydrogen-bond donors (Lipinski definition) is 2. The van der Waals surface area contributed by atoms with Crippen molar-refractivity contribution in [3.8, 4) is 0 Å². The van der Waals surface area contributed by atoms with Gasteiger partial charge in [-0.15, -0.1) is 11.7 Å². The minimum atomic E-state index is 0.150. The zero-order chi connectivity index (χ0) is 8.55. The number of fused-ring (bicyclic) bond motifs is 1. The molecule has 5 heteroatoms. The molecule has 2 unspecified atom stereocenters. The van der Waals surface area contributed by atoms with E-state index in [1.54, 1.807) is 0 Å². The Hall–Kier alpha value is -0.0600. The first kappa shape index (κ1) is 8.53. The molecule has 64 valence electrons. The fourth-order valence-corrected chi connectivity index (χ4v) is 2.18. The summed E-state index contributed by atoms with van der Waals surface area (Å²) in [4.78, 5) is 4.25. The predicted molar refractivity (Wildman–Crippen MR) is 57.8 cm³/mol. The molecule has 0 bridgehead atoms. The molecule has 2 rings (SSSR count). The van der Waals surface area contributed by atoms with Gasteiger partial charge >= 0.3 is 0 Å². The second kappa shape index (κ2) is 3.36. The second-order valence-electron chi connectivity index (χ2n) is 2.59. The van der Waals surface area contributed by atoms with Crippen LogP contribution in [0, 0.1) is 0 Å². The van der Waals surface area contributed by atoms with Gasteiger partial charge in [0.2, 0.25) is 0 Å². The maximum absolute atomic E-state index is 5.75. The molecule has 0 fully saturated rings. The normalized spacial score (nSPS) is 32.2. The van der Waals surface area contributed by atoms with Gasteiger partial charge in [-0.05, 0) is 22.9 Å². The first-order valence-corrected chi connectivity index (χ1v) is 5.75. The standard InChI is InChI=1S/C7H7ClN2S2/c8-6-2-1-4-5(9-6)3-7(10-4)12-11/h1-5,10-11H. The van der Waals surface area contributed by atoms with Crippen LogP contribution in [0.5, 0.6) is 0 Å². The Kier molecular flexibility index (Phi) is 2.39. The van der Waals surface area contributed by atoms with Gasteiger partial charge in [0.05, 0.1) is 17.1 Å². The Balaban J connectivity index is 2.19. The Morgan fingerprint density at radius 3 is 3.25 bits per heavy atom. The van der Waals surface area contributed by atoms with Crippen molar-refractivity contribution >= 4 is 39.2 Å². The monoisotopic (exact) mass is 218 g/mol. The van der Waals surface area contributed by atoms with Crippen molar-refractivity contribution in [3.63, 3.8) is 0 Å². The van der Waals surface area contributed by atoms with Crippen molar-refractivity contribution in [2.24, 2.45) is 4.99 Å². The zero-order valence-electron chi connectivity index (χ0n) is 6.07. The highest BCUT2D eigenvalue weighted by Crippen LogP contribution is 2.27. The molecule has 0 spiro atoms. The van der Waals surface area contributed by atoms with Gasteiger partial charge in [0.1, 0.15) is 5.17 Å². The summed E-state index contributed by atoms with van der Waals surface area (Å²) in [5, 5.41) is 4.88. The Bertz CT molecular complexity index is 285. The van der Waals surface area contributed by atoms with E-state index in [-0.39, 0.29) is 12.1 Å². The number of halogens is 1. The Morgan fingerprint density at radius 2 is 2.50 bits per heavy atom. The van der Waals surface area contributed by atoms with Crippen LogP contribution in [0.15, 0.2) is 28.2 Å². The molecule has 0 aliphatic carbocycles. The van der Waals surface area contributed by atoms with Crippen LogP contribution in [0.4, 0.5) is 0 Å². The molecule has 0 aromatic rings. The summed E-state index contributed by atoms with van der Waals surface area (Å²) in [7, 11) is 1.40. The smallest absolute Gasteiger partial charge is 0.124 e. The van der Waals surface area contributed by atoms with Crippen molar-refractivity contribution < 1.29 is 0 Å². The zero-order valence-corrected chi connectivity index (χ0v) is 8.53. The van der Waals surface area contributed by atoms with E-state index in [9.17, 15) is 0 Å². The molecule has 1 N–H and O–H groups in total. The highest BCUT2D eigenvalue weighted by Gasteiger charge is 2.26. The van der Waals surface area contributed by atoms with E-state index >= 15 is 0 Å². The summed E-state index contributed by atoms with van der Waals surface area (Å²) in [6.07, 6.45) is 5.87. The van der Waals surface area contributed by atoms with E-state index in [1.807, 2.05) is 18.2 Å². The maximum Gasteiger partial charge on any atom is 0.124 e. The van der Waals surface area contributed by atoms with Crippen LogP contribution in [0.1, 0.15) is 0 Å². The Morgan fingerprint density at radius 1 is 1.67 bits per heavy atom. The Labute approximate surface area is 85.0 Å². The summed E-state index contributed by atoms with van der Waals surface area (Å²) in [5.41, 5.74) is 0. The molecule has 0 aromatic heterocycles. The number of thiol groups is 1. The van der Waals surface area contributed by atoms with Gasteiger partial charge in [0.25, 0.3) is 0 Å². The highest BCUT2D eigenvalue weighted by atomic mass is 35.5. The molecule has 2 nitrogen and oxygen atoms in total. The van der Waals surface area contributed by atoms with Crippen molar-refractivity contribution in [3.05, 3.63) is 23.3 Å². The van der Waals surface area contributed by atoms with Gasteiger partial charge in [-0.3, -0.25) is 4.99 Å². The number of nitrogens with one attached hydrogen (secondary N) is 1. The van der Waals surface area contributed by atoms with E-state index in [2.05, 4.69) is 22.0 Å². The second-order valence-corrected chi connectivity index (χ2v) is 4.15. The molecule has 2 atom stereocenters. The largest absolute Gasteiger partial charge is 0.371 e. The molecule has 0 saturated carbocycles. The third-order valence-electron chi connectivity index (χ3n) is 1.81. The molecule has 0 aromatic carbocycles. The van der Waals surface area contributed by atoms with Crippen molar-refractivity contribution in [1.82, 2.24) is 5.32 Å². The van der Waals surface area contributed by atoms with Gasteiger partial charge in [-0.2, -0.15) is 0 Å². The lowest BCUT2D eigenvalue weighted by Crippen LogP contribution is -2.30. The highest BCUT2D eigenvalue weighted by molar-refractivity contribution is 8.70. The summed E-state index contributed by atoms with van der Waals surface area (Å²) in [6, 6.07) is 0.416. The molecule has 2 aliphatic rings. The van der Waals surface area contributed by atoms with E-state index in [4.69, 9.17) is 11.6 Å². The minimum Gasteiger partial charge on any atom is -0.371 e. The van der Waals surface area contributed by atoms with Crippen LogP contribution in [0.25, 0.3) is 0 Å². The summed E-state index contributed by atoms with van der Waals surface area (Å²) in [6.45, 7) is 0. The van der Waals surface area contributed by atoms with Gasteiger partial charge < -0.3 is 5.32 Å². The fraction of sp³-hybridized carbons (Fsp3) is 0.286. The van der Waals surface area contributed by atoms with Crippen molar-refractivity contribution in [2.75, 3.05) is 0 Å². The van der Waals surface area contributed by atoms with Gasteiger partial charge in [0.15, 0.2) is 0 Å². The molecular weight excluding hydrogens is 212 g/mol. The van der Waals surface area contributed by atoms with E-state index in [0.717, 1.165) is 5.03 Å². The average molecular weight is 219 g/mol. The molecular formula is C7H7ClN2S2. The third-order valence-corrected chi connectivity index (χ3v) is 3.08. The summed E-state index contributed by atoms with van der Waals surface area (Å²) >= 11 is 9.85. The van der Waals surface area contributed by atoms with Crippen LogP contribution < -0.4 is 5.32 Å². The van der Waals surface area contributed by atoms with Crippen LogP contribution >= 0.6 is 34.1 Å². The van der Waals surface area contributed by atoms with Crippen molar-refractivity contribution in [2.45, 2.75) is 12.1 Å². The lowest BCUT2D eigenvalue weighted by Gasteiger charge is -2.15. The van der Waals surface area contributed by atoms with Crippen LogP contribution in [0.2, 0.25) is 0 Å². The lowest BCUT2D eigenvalue weighted by atomic mass is 10.1. The summed E-state index contributed by atoms with van der Waals surface area (Å²) < 4.78 is 0. The number of aliphatic imine (C=N–C) groups is 1. The number of rotatable bonds is 1. The van der Waals surface area contributed by atoms with Crippen LogP contribution in [-0.4, -0.2) is 17.3 Å². The van der Waals surface area contributed by atoms with Gasteiger partial charge in [0, 0.05) is 0 Å². The first-order valence-electron chi connectivity index (χ1n) is 3.51. The number of hydrogen-bond acceptors (Lipinski definition) is 4. The molecule has 0 radical (unpaired) electrons. The first-order chi connectivity index (χ1) is 5.79. The van der Waals surface area contributed by atoms with E-state index in [1.165, 1.54) is 10.8 Å². The topological polar surface area (TPSA) is 24.4 Å². The number of dihydropyridines is 1. The van der Waals surface area contributed by atoms with Crippen LogP contribution in [-0.2, 0) is 0 Å². The van der Waals surface area contributed by atoms with E-state index < -0.39 is 0 Å². The van der Waals surface area contributed by atoms with Crippen LogP contribution in [0.3, 0.4) is 0 Å². The van der Waals surface area contributed by atoms with Crippen molar-refractivity contribution in [1.29, 1.82) is 0 Å². The van der Waals surface area contributed by atoms with Gasteiger partial charge in [-0.1, -0.05) is 17.7 Å². The molecule has 12 heavy (non-hydrogen) atoms. The third kappa shape index (κ3) is 1.51. The van der Waals surface area contributed by atoms with Gasteiger partial charge in [-0.25, -0.2) is 0 Å². The summed E-state index contributed by atoms with van der Waals surface area (Å²) in [5.74, 6) is 0. The molecule has 0 saturated heterocycles. The molecule has 2 aliphatic heterocycles. The quantitative estimate of drug-likeness (QED) is 0.520. The SMILES string of the molecule is SSC1=CC2N=C(Cl)C=CC2N1. The predicted octanol–water partition coefficient (Wildman–Crippen LogP) is 1.95.